The third-order valence-electron chi connectivity index (χ3n) is 3.17. The predicted molar refractivity (Wildman–Crippen MR) is 91.4 cm³/mol. The Bertz CT molecular complexity index is 880. The van der Waals surface area contributed by atoms with Crippen LogP contribution in [0.1, 0.15) is 0 Å². The van der Waals surface area contributed by atoms with Crippen LogP contribution in [0.2, 0.25) is 0 Å². The topological polar surface area (TPSA) is 108 Å². The number of nitrogens with zero attached hydrogens (tertiary/aromatic N) is 6. The molecule has 0 radical (unpaired) electrons. The van der Waals surface area contributed by atoms with Crippen LogP contribution in [-0.2, 0) is 11.3 Å². The summed E-state index contributed by atoms with van der Waals surface area (Å²) in [4.78, 5) is 32.5. The fraction of sp³-hybridized carbons (Fsp3) is 0.200. The van der Waals surface area contributed by atoms with Gasteiger partial charge in [0.2, 0.25) is 5.91 Å². The summed E-state index contributed by atoms with van der Waals surface area (Å²) in [5, 5.41) is 10.9. The fourth-order valence-corrected chi connectivity index (χ4v) is 2.70. The Morgan fingerprint density at radius 1 is 1.16 bits per heavy atom. The van der Waals surface area contributed by atoms with E-state index in [2.05, 4.69) is 25.5 Å². The molecular weight excluding hydrogens is 342 g/mol. The van der Waals surface area contributed by atoms with Crippen molar-refractivity contribution in [3.63, 3.8) is 0 Å². The molecule has 0 fully saturated rings. The molecule has 3 rings (SSSR count). The zero-order valence-corrected chi connectivity index (χ0v) is 14.0. The number of rotatable bonds is 7. The highest BCUT2D eigenvalue weighted by Gasteiger charge is 2.05. The quantitative estimate of drug-likeness (QED) is 0.599. The molecule has 0 unspecified atom stereocenters. The summed E-state index contributed by atoms with van der Waals surface area (Å²) in [6.45, 7) is 0.580. The maximum absolute atomic E-state index is 11.9. The number of carbonyl (C=O) groups excluding carboxylic acids is 1. The molecule has 128 valence electrons. The van der Waals surface area contributed by atoms with E-state index in [4.69, 9.17) is 0 Å². The average Bonchev–Trinajstić information content (AvgIpc) is 3.17. The Labute approximate surface area is 147 Å². The van der Waals surface area contributed by atoms with Crippen molar-refractivity contribution in [1.82, 2.24) is 34.8 Å². The molecule has 0 aliphatic heterocycles. The summed E-state index contributed by atoms with van der Waals surface area (Å²) < 4.78 is 2.74. The van der Waals surface area contributed by atoms with E-state index in [1.165, 1.54) is 39.8 Å². The van der Waals surface area contributed by atoms with Gasteiger partial charge in [0, 0.05) is 29.9 Å². The second kappa shape index (κ2) is 8.20. The van der Waals surface area contributed by atoms with Gasteiger partial charge in [-0.15, -0.1) is 16.9 Å². The van der Waals surface area contributed by atoms with Crippen LogP contribution >= 0.6 is 11.8 Å². The molecular formula is C15H15N7O2S. The molecule has 0 saturated carbocycles. The zero-order valence-electron chi connectivity index (χ0n) is 13.1. The molecule has 3 heterocycles. The molecule has 3 aromatic rings. The van der Waals surface area contributed by atoms with Crippen LogP contribution in [0.3, 0.4) is 0 Å². The molecule has 0 aliphatic carbocycles. The minimum absolute atomic E-state index is 0.109. The third kappa shape index (κ3) is 4.73. The number of nitrogens with one attached hydrogen (secondary N) is 1. The number of pyridine rings is 1. The van der Waals surface area contributed by atoms with Crippen molar-refractivity contribution in [2.24, 2.45) is 0 Å². The smallest absolute Gasteiger partial charge is 0.266 e. The molecule has 3 aromatic heterocycles. The van der Waals surface area contributed by atoms with Crippen LogP contribution in [-0.4, -0.2) is 47.7 Å². The average molecular weight is 357 g/mol. The van der Waals surface area contributed by atoms with Crippen molar-refractivity contribution in [3.05, 3.63) is 59.7 Å². The minimum Gasteiger partial charge on any atom is -0.354 e. The molecule has 0 aliphatic rings. The number of hydrogen-bond acceptors (Lipinski definition) is 7. The maximum atomic E-state index is 11.9. The zero-order chi connectivity index (χ0) is 17.5. The number of thioether (sulfide) groups is 1. The molecule has 9 nitrogen and oxygen atoms in total. The van der Waals surface area contributed by atoms with Crippen LogP contribution in [0.4, 0.5) is 0 Å². The molecule has 1 amide bonds. The standard InChI is InChI=1S/C15H15N7O2S/c23-14(9-25-12-3-5-16-6-4-12)18-7-8-21-15(24)2-1-13(20-21)22-11-17-10-19-22/h1-6,10-11H,7-9H2,(H,18,23). The fourth-order valence-electron chi connectivity index (χ4n) is 1.98. The number of hydrogen-bond donors (Lipinski definition) is 1. The first-order valence-corrected chi connectivity index (χ1v) is 8.43. The largest absolute Gasteiger partial charge is 0.354 e. The highest BCUT2D eigenvalue weighted by Crippen LogP contribution is 2.15. The van der Waals surface area contributed by atoms with E-state index in [0.29, 0.717) is 18.1 Å². The van der Waals surface area contributed by atoms with Crippen LogP contribution in [0.25, 0.3) is 5.82 Å². The van der Waals surface area contributed by atoms with E-state index < -0.39 is 0 Å². The number of amides is 1. The first-order valence-electron chi connectivity index (χ1n) is 7.45. The first-order chi connectivity index (χ1) is 12.2. The summed E-state index contributed by atoms with van der Waals surface area (Å²) in [5.41, 5.74) is -0.246. The Hall–Kier alpha value is -3.01. The van der Waals surface area contributed by atoms with Gasteiger partial charge in [0.1, 0.15) is 12.7 Å². The van der Waals surface area contributed by atoms with Gasteiger partial charge in [-0.1, -0.05) is 0 Å². The highest BCUT2D eigenvalue weighted by molar-refractivity contribution is 8.00. The third-order valence-corrected chi connectivity index (χ3v) is 4.18. The van der Waals surface area contributed by atoms with Crippen molar-refractivity contribution >= 4 is 17.7 Å². The van der Waals surface area contributed by atoms with E-state index in [-0.39, 0.29) is 18.0 Å². The van der Waals surface area contributed by atoms with Crippen molar-refractivity contribution in [1.29, 1.82) is 0 Å². The lowest BCUT2D eigenvalue weighted by Gasteiger charge is -2.08. The molecule has 0 atom stereocenters. The normalized spacial score (nSPS) is 10.6. The highest BCUT2D eigenvalue weighted by atomic mass is 32.2. The van der Waals surface area contributed by atoms with Gasteiger partial charge in [0.15, 0.2) is 5.82 Å². The van der Waals surface area contributed by atoms with Crippen molar-refractivity contribution < 1.29 is 4.79 Å². The lowest BCUT2D eigenvalue weighted by Crippen LogP contribution is -2.33. The van der Waals surface area contributed by atoms with Crippen LogP contribution in [0.5, 0.6) is 0 Å². The van der Waals surface area contributed by atoms with Gasteiger partial charge in [0.25, 0.3) is 5.56 Å². The molecule has 0 bridgehead atoms. The molecule has 25 heavy (non-hydrogen) atoms. The van der Waals surface area contributed by atoms with Crippen LogP contribution in [0, 0.1) is 0 Å². The molecule has 1 N–H and O–H groups in total. The molecule has 0 saturated heterocycles. The van der Waals surface area contributed by atoms with E-state index in [1.807, 2.05) is 12.1 Å². The molecule has 0 spiro atoms. The van der Waals surface area contributed by atoms with Crippen LogP contribution in [0.15, 0.2) is 59.0 Å². The van der Waals surface area contributed by atoms with Gasteiger partial charge in [-0.25, -0.2) is 14.3 Å². The summed E-state index contributed by atoms with van der Waals surface area (Å²) >= 11 is 1.42. The van der Waals surface area contributed by atoms with E-state index in [9.17, 15) is 9.59 Å². The maximum Gasteiger partial charge on any atom is 0.266 e. The predicted octanol–water partition coefficient (Wildman–Crippen LogP) is 0.127. The SMILES string of the molecule is O=C(CSc1ccncc1)NCCn1nc(-n2cncn2)ccc1=O. The van der Waals surface area contributed by atoms with Crippen LogP contribution < -0.4 is 10.9 Å². The molecule has 10 heteroatoms. The van der Waals surface area contributed by atoms with E-state index in [0.717, 1.165) is 4.90 Å². The van der Waals surface area contributed by atoms with E-state index >= 15 is 0 Å². The van der Waals surface area contributed by atoms with Crippen molar-refractivity contribution in [3.8, 4) is 5.82 Å². The van der Waals surface area contributed by atoms with E-state index in [1.54, 1.807) is 18.5 Å². The van der Waals surface area contributed by atoms with Gasteiger partial charge in [0.05, 0.1) is 12.3 Å². The van der Waals surface area contributed by atoms with Crippen molar-refractivity contribution in [2.45, 2.75) is 11.4 Å². The molecule has 0 aromatic carbocycles. The Balaban J connectivity index is 1.51. The summed E-state index contributed by atoms with van der Waals surface area (Å²) in [6.07, 6.45) is 6.24. The Morgan fingerprint density at radius 3 is 2.76 bits per heavy atom. The monoisotopic (exact) mass is 357 g/mol. The lowest BCUT2D eigenvalue weighted by atomic mass is 10.5. The lowest BCUT2D eigenvalue weighted by molar-refractivity contribution is -0.118. The second-order valence-electron chi connectivity index (χ2n) is 4.91. The Morgan fingerprint density at radius 2 is 2.00 bits per heavy atom. The second-order valence-corrected chi connectivity index (χ2v) is 5.96. The van der Waals surface area contributed by atoms with Gasteiger partial charge < -0.3 is 5.32 Å². The number of carbonyl (C=O) groups is 1. The van der Waals surface area contributed by atoms with Gasteiger partial charge in [-0.3, -0.25) is 14.6 Å². The summed E-state index contributed by atoms with van der Waals surface area (Å²) in [7, 11) is 0. The van der Waals surface area contributed by atoms with Gasteiger partial charge >= 0.3 is 0 Å². The van der Waals surface area contributed by atoms with Gasteiger partial charge in [-0.2, -0.15) is 5.10 Å². The summed E-state index contributed by atoms with van der Waals surface area (Å²) in [6, 6.07) is 6.66. The Kier molecular flexibility index (Phi) is 5.52. The summed E-state index contributed by atoms with van der Waals surface area (Å²) in [5.74, 6) is 0.671. The first kappa shape index (κ1) is 16.8. The minimum atomic E-state index is -0.246. The van der Waals surface area contributed by atoms with Crippen molar-refractivity contribution in [2.75, 3.05) is 12.3 Å². The number of aromatic nitrogens is 6. The van der Waals surface area contributed by atoms with Gasteiger partial charge in [-0.05, 0) is 18.2 Å².